The van der Waals surface area contributed by atoms with Gasteiger partial charge in [-0.1, -0.05) is 6.07 Å². The predicted molar refractivity (Wildman–Crippen MR) is 70.9 cm³/mol. The molecule has 0 radical (unpaired) electrons. The molecule has 0 atom stereocenters. The molecule has 0 aliphatic rings. The Bertz CT molecular complexity index is 565. The highest BCUT2D eigenvalue weighted by Crippen LogP contribution is 2.10. The van der Waals surface area contributed by atoms with Crippen LogP contribution in [0.1, 0.15) is 17.1 Å². The van der Waals surface area contributed by atoms with Crippen molar-refractivity contribution in [2.24, 2.45) is 7.05 Å². The molecule has 2 rings (SSSR count). The smallest absolute Gasteiger partial charge is 0.297 e. The van der Waals surface area contributed by atoms with E-state index in [1.54, 1.807) is 0 Å². The lowest BCUT2D eigenvalue weighted by molar-refractivity contribution is -0.681. The van der Waals surface area contributed by atoms with Crippen LogP contribution in [0.5, 0.6) is 0 Å². The molecule has 0 amide bonds. The fraction of sp³-hybridized carbons (Fsp3) is 0.308. The highest BCUT2D eigenvalue weighted by Gasteiger charge is 2.11. The van der Waals surface area contributed by atoms with Gasteiger partial charge in [-0.2, -0.15) is 0 Å². The van der Waals surface area contributed by atoms with Crippen molar-refractivity contribution >= 4 is 11.6 Å². The van der Waals surface area contributed by atoms with Gasteiger partial charge in [0.1, 0.15) is 12.0 Å². The van der Waals surface area contributed by atoms with Crippen molar-refractivity contribution in [2.45, 2.75) is 20.4 Å². The Morgan fingerprint density at radius 3 is 2.78 bits per heavy atom. The molecule has 0 saturated carbocycles. The number of hydrogen-bond donors (Lipinski definition) is 2. The minimum atomic E-state index is 0.561. The summed E-state index contributed by atoms with van der Waals surface area (Å²) in [6, 6.07) is 5.87. The van der Waals surface area contributed by atoms with Crippen LogP contribution in [0.2, 0.25) is 0 Å². The van der Waals surface area contributed by atoms with Crippen LogP contribution in [0, 0.1) is 13.8 Å². The van der Waals surface area contributed by atoms with Crippen molar-refractivity contribution in [3.05, 3.63) is 41.5 Å². The Kier molecular flexibility index (Phi) is 3.41. The second-order valence-electron chi connectivity index (χ2n) is 4.33. The van der Waals surface area contributed by atoms with Crippen molar-refractivity contribution in [3.8, 4) is 0 Å². The SMILES string of the molecule is Cc1cccc(NCc2c[n+](C)c(C)nc2N)n1. The molecule has 3 N–H and O–H groups in total. The summed E-state index contributed by atoms with van der Waals surface area (Å²) in [6.07, 6.45) is 1.99. The van der Waals surface area contributed by atoms with Crippen LogP contribution in [0.3, 0.4) is 0 Å². The number of aryl methyl sites for hydroxylation is 3. The third-order valence-electron chi connectivity index (χ3n) is 2.82. The molecule has 0 unspecified atom stereocenters. The van der Waals surface area contributed by atoms with Crippen LogP contribution in [-0.4, -0.2) is 9.97 Å². The fourth-order valence-corrected chi connectivity index (χ4v) is 1.68. The van der Waals surface area contributed by atoms with Gasteiger partial charge < -0.3 is 11.1 Å². The zero-order valence-electron chi connectivity index (χ0n) is 10.9. The number of aromatic nitrogens is 3. The minimum Gasteiger partial charge on any atom is -0.366 e. The molecule has 2 aromatic rings. The second-order valence-corrected chi connectivity index (χ2v) is 4.33. The molecule has 18 heavy (non-hydrogen) atoms. The standard InChI is InChI=1S/C13H17N5/c1-9-5-4-6-12(16-9)15-7-11-8-18(3)10(2)17-13(11)14/h4-6,8,14H,7H2,1-3H3,(H,15,16)/p+1. The van der Waals surface area contributed by atoms with Crippen LogP contribution in [-0.2, 0) is 13.6 Å². The van der Waals surface area contributed by atoms with E-state index in [9.17, 15) is 0 Å². The molecule has 2 heterocycles. The fourth-order valence-electron chi connectivity index (χ4n) is 1.68. The Morgan fingerprint density at radius 2 is 2.06 bits per heavy atom. The zero-order chi connectivity index (χ0) is 13.1. The monoisotopic (exact) mass is 244 g/mol. The Balaban J connectivity index is 2.13. The lowest BCUT2D eigenvalue weighted by atomic mass is 10.3. The van der Waals surface area contributed by atoms with Crippen molar-refractivity contribution in [1.29, 1.82) is 0 Å². The number of rotatable bonds is 3. The van der Waals surface area contributed by atoms with Gasteiger partial charge in [-0.05, 0) is 24.0 Å². The van der Waals surface area contributed by atoms with Gasteiger partial charge in [0.05, 0.1) is 19.2 Å². The lowest BCUT2D eigenvalue weighted by Gasteiger charge is -2.06. The molecule has 5 heteroatoms. The quantitative estimate of drug-likeness (QED) is 0.794. The van der Waals surface area contributed by atoms with Gasteiger partial charge in [-0.3, -0.25) is 0 Å². The Labute approximate surface area is 107 Å². The van der Waals surface area contributed by atoms with E-state index in [1.807, 2.05) is 49.9 Å². The first-order chi connectivity index (χ1) is 8.56. The molecular formula is C13H18N5+. The van der Waals surface area contributed by atoms with E-state index in [0.29, 0.717) is 12.4 Å². The largest absolute Gasteiger partial charge is 0.366 e. The number of nitrogens with one attached hydrogen (secondary N) is 1. The maximum atomic E-state index is 5.90. The van der Waals surface area contributed by atoms with Gasteiger partial charge in [0.15, 0.2) is 0 Å². The van der Waals surface area contributed by atoms with E-state index >= 15 is 0 Å². The number of pyridine rings is 1. The van der Waals surface area contributed by atoms with Gasteiger partial charge >= 0.3 is 0 Å². The highest BCUT2D eigenvalue weighted by atomic mass is 15.1. The molecular weight excluding hydrogens is 226 g/mol. The molecule has 0 spiro atoms. The van der Waals surface area contributed by atoms with Crippen LogP contribution < -0.4 is 15.6 Å². The van der Waals surface area contributed by atoms with Crippen LogP contribution in [0.15, 0.2) is 24.4 Å². The first-order valence-corrected chi connectivity index (χ1v) is 5.85. The van der Waals surface area contributed by atoms with Crippen LogP contribution >= 0.6 is 0 Å². The van der Waals surface area contributed by atoms with Crippen molar-refractivity contribution < 1.29 is 4.57 Å². The third-order valence-corrected chi connectivity index (χ3v) is 2.82. The summed E-state index contributed by atoms with van der Waals surface area (Å²) in [4.78, 5) is 8.66. The number of nitrogens with two attached hydrogens (primary N) is 1. The zero-order valence-corrected chi connectivity index (χ0v) is 10.9. The summed E-state index contributed by atoms with van der Waals surface area (Å²) in [7, 11) is 1.95. The minimum absolute atomic E-state index is 0.561. The second kappa shape index (κ2) is 5.00. The number of nitrogen functional groups attached to an aromatic ring is 1. The molecule has 94 valence electrons. The first kappa shape index (κ1) is 12.3. The lowest BCUT2D eigenvalue weighted by Crippen LogP contribution is -2.34. The van der Waals surface area contributed by atoms with Gasteiger partial charge in [-0.25, -0.2) is 9.55 Å². The van der Waals surface area contributed by atoms with Crippen molar-refractivity contribution in [3.63, 3.8) is 0 Å². The maximum absolute atomic E-state index is 5.90. The van der Waals surface area contributed by atoms with Gasteiger partial charge in [0.2, 0.25) is 5.82 Å². The third kappa shape index (κ3) is 2.74. The summed E-state index contributed by atoms with van der Waals surface area (Å²) in [5.41, 5.74) is 7.85. The van der Waals surface area contributed by atoms with E-state index < -0.39 is 0 Å². The summed E-state index contributed by atoms with van der Waals surface area (Å²) in [6.45, 7) is 4.51. The van der Waals surface area contributed by atoms with Gasteiger partial charge in [-0.15, -0.1) is 0 Å². The molecule has 0 saturated heterocycles. The normalized spacial score (nSPS) is 10.4. The summed E-state index contributed by atoms with van der Waals surface area (Å²) in [5.74, 6) is 2.30. The molecule has 5 nitrogen and oxygen atoms in total. The maximum Gasteiger partial charge on any atom is 0.297 e. The van der Waals surface area contributed by atoms with Crippen molar-refractivity contribution in [2.75, 3.05) is 11.1 Å². The summed E-state index contributed by atoms with van der Waals surface area (Å²) < 4.78 is 1.96. The van der Waals surface area contributed by atoms with E-state index in [2.05, 4.69) is 15.3 Å². The Hall–Kier alpha value is -2.17. The summed E-state index contributed by atoms with van der Waals surface area (Å²) in [5, 5.41) is 3.24. The van der Waals surface area contributed by atoms with E-state index in [-0.39, 0.29) is 0 Å². The number of hydrogen-bond acceptors (Lipinski definition) is 4. The van der Waals surface area contributed by atoms with Crippen LogP contribution in [0.25, 0.3) is 0 Å². The van der Waals surface area contributed by atoms with E-state index in [1.165, 1.54) is 0 Å². The van der Waals surface area contributed by atoms with Gasteiger partial charge in [0, 0.05) is 12.6 Å². The highest BCUT2D eigenvalue weighted by molar-refractivity contribution is 5.41. The number of anilines is 2. The van der Waals surface area contributed by atoms with Crippen LogP contribution in [0.4, 0.5) is 11.6 Å². The predicted octanol–water partition coefficient (Wildman–Crippen LogP) is 1.11. The molecule has 0 aliphatic carbocycles. The Morgan fingerprint density at radius 1 is 1.28 bits per heavy atom. The topological polar surface area (TPSA) is 67.7 Å². The molecule has 0 aliphatic heterocycles. The average Bonchev–Trinajstić information content (AvgIpc) is 2.32. The average molecular weight is 244 g/mol. The number of nitrogens with zero attached hydrogens (tertiary/aromatic N) is 3. The van der Waals surface area contributed by atoms with Crippen molar-refractivity contribution in [1.82, 2.24) is 9.97 Å². The molecule has 0 fully saturated rings. The van der Waals surface area contributed by atoms with Gasteiger partial charge in [0.25, 0.3) is 5.82 Å². The first-order valence-electron chi connectivity index (χ1n) is 5.85. The van der Waals surface area contributed by atoms with E-state index in [0.717, 1.165) is 22.9 Å². The van der Waals surface area contributed by atoms with E-state index in [4.69, 9.17) is 5.73 Å². The summed E-state index contributed by atoms with van der Waals surface area (Å²) >= 11 is 0. The molecule has 0 bridgehead atoms. The molecule has 2 aromatic heterocycles. The molecule has 0 aromatic carbocycles.